The number of nitrogens with zero attached hydrogens (tertiary/aromatic N) is 6. The SMILES string of the molecule is Cn1nccc1COc1ccc(NC=C(C#N)c2nn[nH]n2)cc1F. The third-order valence-corrected chi connectivity index (χ3v) is 3.32. The average molecular weight is 340 g/mol. The molecule has 10 heteroatoms. The average Bonchev–Trinajstić information content (AvgIpc) is 3.27. The van der Waals surface area contributed by atoms with E-state index in [-0.39, 0.29) is 23.8 Å². The summed E-state index contributed by atoms with van der Waals surface area (Å²) in [4.78, 5) is 0. The first kappa shape index (κ1) is 16.1. The number of benzene rings is 1. The van der Waals surface area contributed by atoms with E-state index in [0.29, 0.717) is 5.69 Å². The molecule has 0 aliphatic carbocycles. The molecule has 0 bridgehead atoms. The molecule has 0 amide bonds. The van der Waals surface area contributed by atoms with Gasteiger partial charge in [-0.1, -0.05) is 0 Å². The zero-order valence-electron chi connectivity index (χ0n) is 13.1. The van der Waals surface area contributed by atoms with Crippen LogP contribution in [0.3, 0.4) is 0 Å². The van der Waals surface area contributed by atoms with E-state index in [1.807, 2.05) is 6.07 Å². The molecule has 1 aromatic carbocycles. The second kappa shape index (κ2) is 7.22. The maximum absolute atomic E-state index is 14.1. The van der Waals surface area contributed by atoms with Crippen LogP contribution >= 0.6 is 0 Å². The van der Waals surface area contributed by atoms with Crippen molar-refractivity contribution in [2.75, 3.05) is 5.32 Å². The predicted octanol–water partition coefficient (Wildman–Crippen LogP) is 1.63. The second-order valence-electron chi connectivity index (χ2n) is 4.93. The molecule has 0 atom stereocenters. The van der Waals surface area contributed by atoms with Crippen LogP contribution in [0, 0.1) is 17.1 Å². The van der Waals surface area contributed by atoms with Gasteiger partial charge in [0.1, 0.15) is 18.2 Å². The number of tetrazole rings is 1. The maximum atomic E-state index is 14.1. The number of nitriles is 1. The number of hydrogen-bond acceptors (Lipinski definition) is 7. The molecule has 0 saturated carbocycles. The summed E-state index contributed by atoms with van der Waals surface area (Å²) >= 11 is 0. The number of halogens is 1. The fourth-order valence-electron chi connectivity index (χ4n) is 1.98. The van der Waals surface area contributed by atoms with Crippen molar-refractivity contribution in [1.82, 2.24) is 30.4 Å². The summed E-state index contributed by atoms with van der Waals surface area (Å²) in [6, 6.07) is 8.12. The smallest absolute Gasteiger partial charge is 0.216 e. The summed E-state index contributed by atoms with van der Waals surface area (Å²) in [7, 11) is 1.78. The minimum absolute atomic E-state index is 0.120. The molecule has 0 unspecified atom stereocenters. The first-order valence-electron chi connectivity index (χ1n) is 7.17. The van der Waals surface area contributed by atoms with Gasteiger partial charge in [0.05, 0.1) is 5.69 Å². The number of allylic oxidation sites excluding steroid dienone is 1. The quantitative estimate of drug-likeness (QED) is 0.655. The Hall–Kier alpha value is -3.74. The van der Waals surface area contributed by atoms with Gasteiger partial charge in [0.15, 0.2) is 11.6 Å². The molecular weight excluding hydrogens is 327 g/mol. The van der Waals surface area contributed by atoms with Crippen molar-refractivity contribution < 1.29 is 9.13 Å². The van der Waals surface area contributed by atoms with Crippen LogP contribution in [-0.2, 0) is 13.7 Å². The van der Waals surface area contributed by atoms with Crippen molar-refractivity contribution in [3.8, 4) is 11.8 Å². The van der Waals surface area contributed by atoms with Gasteiger partial charge < -0.3 is 10.1 Å². The number of H-pyrrole nitrogens is 1. The lowest BCUT2D eigenvalue weighted by atomic mass is 10.2. The van der Waals surface area contributed by atoms with Crippen LogP contribution < -0.4 is 10.1 Å². The molecule has 2 heterocycles. The third kappa shape index (κ3) is 3.78. The number of aromatic nitrogens is 6. The van der Waals surface area contributed by atoms with E-state index in [1.54, 1.807) is 30.1 Å². The van der Waals surface area contributed by atoms with Gasteiger partial charge in [-0.2, -0.15) is 15.6 Å². The van der Waals surface area contributed by atoms with Crippen molar-refractivity contribution in [3.63, 3.8) is 0 Å². The van der Waals surface area contributed by atoms with Crippen LogP contribution in [0.5, 0.6) is 5.75 Å². The fraction of sp³-hybridized carbons (Fsp3) is 0.133. The van der Waals surface area contributed by atoms with Gasteiger partial charge in [-0.3, -0.25) is 4.68 Å². The van der Waals surface area contributed by atoms with E-state index in [9.17, 15) is 4.39 Å². The van der Waals surface area contributed by atoms with E-state index in [0.717, 1.165) is 5.69 Å². The standard InChI is InChI=1S/C15H13FN8O/c1-24-12(4-5-19-24)9-25-14-3-2-11(6-13(14)16)18-8-10(7-17)15-20-22-23-21-15/h2-6,8,18H,9H2,1H3,(H,20,21,22,23). The molecule has 9 nitrogen and oxygen atoms in total. The molecule has 126 valence electrons. The maximum Gasteiger partial charge on any atom is 0.216 e. The van der Waals surface area contributed by atoms with Crippen LogP contribution in [0.2, 0.25) is 0 Å². The molecule has 0 aliphatic heterocycles. The van der Waals surface area contributed by atoms with Gasteiger partial charge in [-0.15, -0.1) is 10.2 Å². The van der Waals surface area contributed by atoms with Crippen molar-refractivity contribution in [2.45, 2.75) is 6.61 Å². The van der Waals surface area contributed by atoms with Gasteiger partial charge in [-0.05, 0) is 23.4 Å². The Morgan fingerprint density at radius 2 is 2.36 bits per heavy atom. The zero-order chi connectivity index (χ0) is 17.6. The summed E-state index contributed by atoms with van der Waals surface area (Å²) in [6.07, 6.45) is 3.01. The number of rotatable bonds is 6. The van der Waals surface area contributed by atoms with Gasteiger partial charge >= 0.3 is 0 Å². The summed E-state index contributed by atoms with van der Waals surface area (Å²) < 4.78 is 21.3. The Morgan fingerprint density at radius 3 is 3.00 bits per heavy atom. The topological polar surface area (TPSA) is 117 Å². The van der Waals surface area contributed by atoms with Gasteiger partial charge in [-0.25, -0.2) is 4.39 Å². The number of aromatic amines is 1. The largest absolute Gasteiger partial charge is 0.484 e. The van der Waals surface area contributed by atoms with Gasteiger partial charge in [0.25, 0.3) is 0 Å². The number of aryl methyl sites for hydroxylation is 1. The first-order chi connectivity index (χ1) is 12.2. The third-order valence-electron chi connectivity index (χ3n) is 3.32. The van der Waals surface area contributed by atoms with E-state index >= 15 is 0 Å². The van der Waals surface area contributed by atoms with Crippen molar-refractivity contribution >= 4 is 11.3 Å². The Labute approximate surface area is 141 Å². The van der Waals surface area contributed by atoms with E-state index in [1.165, 1.54) is 18.3 Å². The van der Waals surface area contributed by atoms with Crippen molar-refractivity contribution in [3.05, 3.63) is 54.0 Å². The number of hydrogen-bond donors (Lipinski definition) is 2. The Morgan fingerprint density at radius 1 is 1.48 bits per heavy atom. The van der Waals surface area contributed by atoms with Crippen LogP contribution in [-0.4, -0.2) is 30.4 Å². The normalized spacial score (nSPS) is 11.2. The van der Waals surface area contributed by atoms with Crippen LogP contribution in [0.25, 0.3) is 5.57 Å². The second-order valence-corrected chi connectivity index (χ2v) is 4.93. The highest BCUT2D eigenvalue weighted by Crippen LogP contribution is 2.22. The Kier molecular flexibility index (Phi) is 4.66. The number of nitrogens with one attached hydrogen (secondary N) is 2. The summed E-state index contributed by atoms with van der Waals surface area (Å²) in [5, 5.41) is 29.0. The fourth-order valence-corrected chi connectivity index (χ4v) is 1.98. The Balaban J connectivity index is 1.67. The lowest BCUT2D eigenvalue weighted by Crippen LogP contribution is -2.04. The predicted molar refractivity (Wildman–Crippen MR) is 85.3 cm³/mol. The van der Waals surface area contributed by atoms with Crippen LogP contribution in [0.1, 0.15) is 11.5 Å². The minimum atomic E-state index is -0.529. The monoisotopic (exact) mass is 340 g/mol. The van der Waals surface area contributed by atoms with E-state index in [4.69, 9.17) is 10.00 Å². The van der Waals surface area contributed by atoms with Crippen molar-refractivity contribution in [1.29, 1.82) is 5.26 Å². The van der Waals surface area contributed by atoms with E-state index in [2.05, 4.69) is 31.0 Å². The Bertz CT molecular complexity index is 925. The molecule has 0 spiro atoms. The van der Waals surface area contributed by atoms with Crippen LogP contribution in [0.4, 0.5) is 10.1 Å². The molecule has 2 aromatic heterocycles. The first-order valence-corrected chi connectivity index (χ1v) is 7.17. The highest BCUT2D eigenvalue weighted by atomic mass is 19.1. The summed E-state index contributed by atoms with van der Waals surface area (Å²) in [5.41, 5.74) is 1.43. The van der Waals surface area contributed by atoms with Crippen LogP contribution in [0.15, 0.2) is 36.7 Å². The van der Waals surface area contributed by atoms with E-state index < -0.39 is 5.82 Å². The number of anilines is 1. The highest BCUT2D eigenvalue weighted by molar-refractivity contribution is 5.74. The molecule has 2 N–H and O–H groups in total. The number of ether oxygens (including phenoxy) is 1. The molecular formula is C15H13FN8O. The summed E-state index contributed by atoms with van der Waals surface area (Å²) in [6.45, 7) is 0.205. The van der Waals surface area contributed by atoms with Crippen molar-refractivity contribution in [2.24, 2.45) is 7.05 Å². The van der Waals surface area contributed by atoms with Gasteiger partial charge in [0, 0.05) is 31.2 Å². The molecule has 3 aromatic rings. The molecule has 25 heavy (non-hydrogen) atoms. The summed E-state index contributed by atoms with van der Waals surface area (Å²) in [5.74, 6) is -0.264. The van der Waals surface area contributed by atoms with Gasteiger partial charge in [0.2, 0.25) is 5.82 Å². The lowest BCUT2D eigenvalue weighted by molar-refractivity contribution is 0.280. The molecule has 0 saturated heterocycles. The molecule has 0 aliphatic rings. The molecule has 0 fully saturated rings. The lowest BCUT2D eigenvalue weighted by Gasteiger charge is -2.09. The molecule has 3 rings (SSSR count). The zero-order valence-corrected chi connectivity index (χ0v) is 13.1. The highest BCUT2D eigenvalue weighted by Gasteiger charge is 2.08. The molecule has 0 radical (unpaired) electrons. The minimum Gasteiger partial charge on any atom is -0.484 e.